The second-order valence-electron chi connectivity index (χ2n) is 7.99. The summed E-state index contributed by atoms with van der Waals surface area (Å²) in [4.78, 5) is 9.09. The Bertz CT molecular complexity index is 1180. The van der Waals surface area contributed by atoms with Crippen molar-refractivity contribution < 1.29 is 9.47 Å². The van der Waals surface area contributed by atoms with E-state index in [2.05, 4.69) is 39.4 Å². The summed E-state index contributed by atoms with van der Waals surface area (Å²) in [5, 5.41) is 27.2. The number of hydrogen-bond acceptors (Lipinski definition) is 8. The molecule has 4 heterocycles. The van der Waals surface area contributed by atoms with Gasteiger partial charge in [-0.2, -0.15) is 15.5 Å². The molecule has 0 spiro atoms. The predicted molar refractivity (Wildman–Crippen MR) is 113 cm³/mol. The summed E-state index contributed by atoms with van der Waals surface area (Å²) >= 11 is 0. The van der Waals surface area contributed by atoms with Crippen molar-refractivity contribution in [1.29, 1.82) is 10.5 Å². The van der Waals surface area contributed by atoms with Crippen molar-refractivity contribution in [3.63, 3.8) is 0 Å². The van der Waals surface area contributed by atoms with Crippen molar-refractivity contribution in [3.8, 4) is 18.0 Å². The van der Waals surface area contributed by atoms with Crippen molar-refractivity contribution in [2.45, 2.75) is 45.9 Å². The molecule has 0 amide bonds. The van der Waals surface area contributed by atoms with E-state index in [-0.39, 0.29) is 18.1 Å². The molecule has 31 heavy (non-hydrogen) atoms. The van der Waals surface area contributed by atoms with Gasteiger partial charge in [0, 0.05) is 17.5 Å². The van der Waals surface area contributed by atoms with Gasteiger partial charge in [0.2, 0.25) is 5.95 Å². The van der Waals surface area contributed by atoms with Gasteiger partial charge in [-0.1, -0.05) is 6.92 Å². The fourth-order valence-electron chi connectivity index (χ4n) is 3.62. The summed E-state index contributed by atoms with van der Waals surface area (Å²) < 4.78 is 14.9. The van der Waals surface area contributed by atoms with Crippen molar-refractivity contribution in [1.82, 2.24) is 24.3 Å². The summed E-state index contributed by atoms with van der Waals surface area (Å²) in [6.45, 7) is 8.85. The van der Waals surface area contributed by atoms with Gasteiger partial charge >= 0.3 is 0 Å². The summed E-state index contributed by atoms with van der Waals surface area (Å²) in [6, 6.07) is 5.80. The van der Waals surface area contributed by atoms with Crippen LogP contribution in [0.1, 0.15) is 45.5 Å². The maximum atomic E-state index is 9.64. The Balaban J connectivity index is 1.74. The quantitative estimate of drug-likeness (QED) is 0.643. The van der Waals surface area contributed by atoms with E-state index in [1.807, 2.05) is 18.4 Å². The highest BCUT2D eigenvalue weighted by atomic mass is 16.5. The highest BCUT2D eigenvalue weighted by Gasteiger charge is 2.29. The third-order valence-corrected chi connectivity index (χ3v) is 5.22. The molecule has 0 aliphatic carbocycles. The molecule has 1 saturated heterocycles. The first-order chi connectivity index (χ1) is 14.9. The molecule has 0 saturated carbocycles. The van der Waals surface area contributed by atoms with Gasteiger partial charge in [0.05, 0.1) is 37.6 Å². The third-order valence-electron chi connectivity index (χ3n) is 5.22. The Morgan fingerprint density at radius 3 is 2.74 bits per heavy atom. The minimum atomic E-state index is -0.451. The first kappa shape index (κ1) is 20.6. The van der Waals surface area contributed by atoms with Crippen LogP contribution >= 0.6 is 0 Å². The molecule has 0 radical (unpaired) electrons. The van der Waals surface area contributed by atoms with Gasteiger partial charge in [0.25, 0.3) is 5.88 Å². The topological polar surface area (TPSA) is 127 Å². The molecular formula is C21H24N8O2. The Morgan fingerprint density at radius 1 is 1.29 bits per heavy atom. The van der Waals surface area contributed by atoms with Gasteiger partial charge in [0.15, 0.2) is 0 Å². The van der Waals surface area contributed by atoms with Crippen LogP contribution in [0.2, 0.25) is 0 Å². The molecule has 1 fully saturated rings. The normalized spacial score (nSPS) is 19.3. The number of nitrogens with one attached hydrogen (secondary N) is 1. The van der Waals surface area contributed by atoms with E-state index in [4.69, 9.17) is 9.47 Å². The number of rotatable bonds is 6. The zero-order valence-corrected chi connectivity index (χ0v) is 17.9. The van der Waals surface area contributed by atoms with Crippen LogP contribution in [0.5, 0.6) is 5.88 Å². The van der Waals surface area contributed by atoms with E-state index in [1.165, 1.54) is 4.68 Å². The summed E-state index contributed by atoms with van der Waals surface area (Å²) in [6.07, 6.45) is 3.29. The highest BCUT2D eigenvalue weighted by Crippen LogP contribution is 2.32. The second-order valence-corrected chi connectivity index (χ2v) is 7.99. The molecule has 3 aromatic heterocycles. The zero-order valence-electron chi connectivity index (χ0n) is 17.9. The molecule has 3 aromatic rings. The van der Waals surface area contributed by atoms with Crippen LogP contribution < -0.4 is 10.1 Å². The maximum absolute atomic E-state index is 9.64. The van der Waals surface area contributed by atoms with Crippen molar-refractivity contribution >= 4 is 22.7 Å². The van der Waals surface area contributed by atoms with Gasteiger partial charge < -0.3 is 19.4 Å². The number of nitriles is 2. The van der Waals surface area contributed by atoms with E-state index >= 15 is 0 Å². The second kappa shape index (κ2) is 8.25. The average Bonchev–Trinajstić information content (AvgIpc) is 3.43. The Hall–Kier alpha value is -3.63. The third kappa shape index (κ3) is 3.90. The van der Waals surface area contributed by atoms with Gasteiger partial charge in [-0.25, -0.2) is 9.67 Å². The van der Waals surface area contributed by atoms with Crippen LogP contribution in [-0.2, 0) is 4.74 Å². The molecule has 1 aliphatic heterocycles. The maximum Gasteiger partial charge on any atom is 0.257 e. The lowest BCUT2D eigenvalue weighted by Crippen LogP contribution is -2.17. The fourth-order valence-corrected chi connectivity index (χ4v) is 3.62. The van der Waals surface area contributed by atoms with Crippen LogP contribution in [-0.4, -0.2) is 43.6 Å². The first-order valence-corrected chi connectivity index (χ1v) is 10.2. The number of fused-ring (bicyclic) bond motifs is 1. The van der Waals surface area contributed by atoms with Crippen LogP contribution in [0.25, 0.3) is 11.0 Å². The van der Waals surface area contributed by atoms with Gasteiger partial charge in [-0.05, 0) is 26.8 Å². The summed E-state index contributed by atoms with van der Waals surface area (Å²) in [7, 11) is 0. The standard InChI is InChI=1S/C21H24N8O2/c1-12(2)31-20-17(9-28(27-20)14(4)6-22)25-21-24-8-15-5-16(7-23)29(19(15)26-21)18-11-30-10-13(18)3/h5,8-9,12-14,18H,10-11H2,1-4H3,(H,24,25,26). The number of ether oxygens (including phenoxy) is 2. The zero-order chi connectivity index (χ0) is 22.1. The van der Waals surface area contributed by atoms with Crippen molar-refractivity contribution in [2.75, 3.05) is 18.5 Å². The number of hydrogen-bond donors (Lipinski definition) is 1. The molecule has 10 nitrogen and oxygen atoms in total. The van der Waals surface area contributed by atoms with E-state index in [9.17, 15) is 10.5 Å². The molecule has 1 N–H and O–H groups in total. The molecule has 1 aliphatic rings. The molecule has 0 bridgehead atoms. The van der Waals surface area contributed by atoms with E-state index < -0.39 is 6.04 Å². The lowest BCUT2D eigenvalue weighted by atomic mass is 10.1. The molecule has 3 atom stereocenters. The van der Waals surface area contributed by atoms with Crippen LogP contribution in [0.15, 0.2) is 18.5 Å². The first-order valence-electron chi connectivity index (χ1n) is 10.2. The van der Waals surface area contributed by atoms with Crippen molar-refractivity contribution in [2.24, 2.45) is 5.92 Å². The lowest BCUT2D eigenvalue weighted by molar-refractivity contribution is 0.182. The molecule has 0 aromatic carbocycles. The number of nitrogens with zero attached hydrogens (tertiary/aromatic N) is 7. The Labute approximate surface area is 180 Å². The van der Waals surface area contributed by atoms with E-state index in [0.717, 1.165) is 5.39 Å². The Kier molecular flexibility index (Phi) is 5.49. The van der Waals surface area contributed by atoms with Gasteiger partial charge in [0.1, 0.15) is 29.1 Å². The minimum absolute atomic E-state index is 0.0361. The van der Waals surface area contributed by atoms with Crippen LogP contribution in [0.4, 0.5) is 11.6 Å². The molecule has 10 heteroatoms. The smallest absolute Gasteiger partial charge is 0.257 e. The molecule has 3 unspecified atom stereocenters. The van der Waals surface area contributed by atoms with E-state index in [1.54, 1.807) is 25.4 Å². The van der Waals surface area contributed by atoms with Gasteiger partial charge in [-0.15, -0.1) is 5.10 Å². The summed E-state index contributed by atoms with van der Waals surface area (Å²) in [5.74, 6) is 0.984. The van der Waals surface area contributed by atoms with Gasteiger partial charge in [-0.3, -0.25) is 0 Å². The highest BCUT2D eigenvalue weighted by molar-refractivity contribution is 5.79. The molecular weight excluding hydrogens is 396 g/mol. The van der Waals surface area contributed by atoms with Crippen LogP contribution in [0, 0.1) is 28.6 Å². The molecule has 4 rings (SSSR count). The number of anilines is 2. The van der Waals surface area contributed by atoms with Crippen molar-refractivity contribution in [3.05, 3.63) is 24.2 Å². The SMILES string of the molecule is CC(C)Oc1nn(C(C)C#N)cc1Nc1ncc2cc(C#N)n(C3COCC3C)c2n1. The minimum Gasteiger partial charge on any atom is -0.472 e. The average molecular weight is 420 g/mol. The number of aromatic nitrogens is 5. The fraction of sp³-hybridized carbons (Fsp3) is 0.476. The predicted octanol–water partition coefficient (Wildman–Crippen LogP) is 3.32. The Morgan fingerprint density at radius 2 is 2.10 bits per heavy atom. The van der Waals surface area contributed by atoms with E-state index in [0.29, 0.717) is 42.1 Å². The van der Waals surface area contributed by atoms with Crippen LogP contribution in [0.3, 0.4) is 0 Å². The largest absolute Gasteiger partial charge is 0.472 e. The molecule has 160 valence electrons. The lowest BCUT2D eigenvalue weighted by Gasteiger charge is -2.17. The monoisotopic (exact) mass is 420 g/mol. The summed E-state index contributed by atoms with van der Waals surface area (Å²) in [5.41, 5.74) is 1.76.